The second-order valence-electron chi connectivity index (χ2n) is 2.58. The van der Waals surface area contributed by atoms with Gasteiger partial charge in [0.1, 0.15) is 6.07 Å². The van der Waals surface area contributed by atoms with Crippen molar-refractivity contribution in [2.24, 2.45) is 5.73 Å². The molecule has 0 atom stereocenters. The summed E-state index contributed by atoms with van der Waals surface area (Å²) in [5.41, 5.74) is 6.24. The Morgan fingerprint density at radius 1 is 1.64 bits per heavy atom. The number of carbonyl (C=O) groups is 1. The molecule has 0 spiro atoms. The van der Waals surface area contributed by atoms with E-state index in [4.69, 9.17) is 16.1 Å². The van der Waals surface area contributed by atoms with Gasteiger partial charge in [-0.25, -0.2) is 4.79 Å². The summed E-state index contributed by atoms with van der Waals surface area (Å²) in [5.74, 6) is -1.09. The molecule has 0 bridgehead atoms. The summed E-state index contributed by atoms with van der Waals surface area (Å²) in [5, 5.41) is 17.6. The lowest BCUT2D eigenvalue weighted by atomic mass is 10.0. The van der Waals surface area contributed by atoms with Crippen LogP contribution in [0.2, 0.25) is 0 Å². The molecule has 0 heterocycles. The fraction of sp³-hybridized carbons (Fsp3) is 0.111. The van der Waals surface area contributed by atoms with E-state index in [1.54, 1.807) is 12.1 Å². The van der Waals surface area contributed by atoms with Crippen molar-refractivity contribution in [1.29, 1.82) is 5.26 Å². The summed E-state index contributed by atoms with van der Waals surface area (Å²) in [6.45, 7) is 0.131. The van der Waals surface area contributed by atoms with E-state index in [2.05, 4.69) is 15.9 Å². The van der Waals surface area contributed by atoms with Gasteiger partial charge in [0.05, 0.1) is 15.6 Å². The van der Waals surface area contributed by atoms with Gasteiger partial charge in [-0.15, -0.1) is 0 Å². The van der Waals surface area contributed by atoms with Crippen molar-refractivity contribution in [3.63, 3.8) is 0 Å². The molecule has 0 aromatic heterocycles. The van der Waals surface area contributed by atoms with E-state index in [1.165, 1.54) is 0 Å². The SMILES string of the molecule is N#Cc1ccc(CN)c(C(=O)O)c1Br. The molecular weight excluding hydrogens is 248 g/mol. The van der Waals surface area contributed by atoms with Crippen LogP contribution in [0.15, 0.2) is 16.6 Å². The Labute approximate surface area is 89.1 Å². The molecular formula is C9H7BrN2O2. The minimum atomic E-state index is -1.09. The number of hydrogen-bond donors (Lipinski definition) is 2. The maximum atomic E-state index is 10.9. The predicted molar refractivity (Wildman–Crippen MR) is 53.7 cm³/mol. The lowest BCUT2D eigenvalue weighted by Gasteiger charge is -2.06. The molecule has 0 saturated carbocycles. The van der Waals surface area contributed by atoms with Crippen molar-refractivity contribution in [2.45, 2.75) is 6.54 Å². The first-order valence-corrected chi connectivity index (χ1v) is 4.56. The molecule has 0 aliphatic carbocycles. The van der Waals surface area contributed by atoms with Gasteiger partial charge in [-0.1, -0.05) is 6.07 Å². The second-order valence-corrected chi connectivity index (χ2v) is 3.38. The maximum Gasteiger partial charge on any atom is 0.337 e. The zero-order chi connectivity index (χ0) is 10.7. The molecule has 14 heavy (non-hydrogen) atoms. The largest absolute Gasteiger partial charge is 0.478 e. The van der Waals surface area contributed by atoms with E-state index in [9.17, 15) is 4.79 Å². The molecule has 0 aliphatic heterocycles. The van der Waals surface area contributed by atoms with Crippen LogP contribution in [0.4, 0.5) is 0 Å². The first-order chi connectivity index (χ1) is 6.61. The van der Waals surface area contributed by atoms with Gasteiger partial charge in [0.25, 0.3) is 0 Å². The minimum Gasteiger partial charge on any atom is -0.478 e. The zero-order valence-electron chi connectivity index (χ0n) is 7.12. The fourth-order valence-electron chi connectivity index (χ4n) is 1.10. The molecule has 4 nitrogen and oxygen atoms in total. The average Bonchev–Trinajstić information content (AvgIpc) is 2.16. The van der Waals surface area contributed by atoms with Crippen LogP contribution in [-0.2, 0) is 6.54 Å². The summed E-state index contributed by atoms with van der Waals surface area (Å²) in [6.07, 6.45) is 0. The van der Waals surface area contributed by atoms with Gasteiger partial charge in [-0.05, 0) is 27.6 Å². The topological polar surface area (TPSA) is 87.1 Å². The Morgan fingerprint density at radius 3 is 2.71 bits per heavy atom. The standard InChI is InChI=1S/C9H7BrN2O2/c10-8-6(4-12)2-1-5(3-11)7(8)9(13)14/h1-2H,3,11H2,(H,13,14). The number of hydrogen-bond acceptors (Lipinski definition) is 3. The number of nitrogens with zero attached hydrogens (tertiary/aromatic N) is 1. The summed E-state index contributed by atoms with van der Waals surface area (Å²) in [7, 11) is 0. The average molecular weight is 255 g/mol. The van der Waals surface area contributed by atoms with Gasteiger partial charge in [0.15, 0.2) is 0 Å². The van der Waals surface area contributed by atoms with Gasteiger partial charge < -0.3 is 10.8 Å². The normalized spacial score (nSPS) is 9.50. The van der Waals surface area contributed by atoms with Crippen LogP contribution < -0.4 is 5.73 Å². The Bertz CT molecular complexity index is 424. The van der Waals surface area contributed by atoms with Crippen LogP contribution in [0.5, 0.6) is 0 Å². The van der Waals surface area contributed by atoms with Gasteiger partial charge in [0, 0.05) is 6.54 Å². The Morgan fingerprint density at radius 2 is 2.29 bits per heavy atom. The maximum absolute atomic E-state index is 10.9. The molecule has 0 amide bonds. The van der Waals surface area contributed by atoms with Crippen molar-refractivity contribution in [3.05, 3.63) is 33.3 Å². The first kappa shape index (κ1) is 10.7. The number of nitriles is 1. The Balaban J connectivity index is 3.49. The molecule has 72 valence electrons. The molecule has 1 rings (SSSR count). The quantitative estimate of drug-likeness (QED) is 0.837. The van der Waals surface area contributed by atoms with E-state index in [-0.39, 0.29) is 16.6 Å². The van der Waals surface area contributed by atoms with Crippen molar-refractivity contribution in [3.8, 4) is 6.07 Å². The molecule has 0 radical (unpaired) electrons. The highest BCUT2D eigenvalue weighted by Gasteiger charge is 2.16. The monoisotopic (exact) mass is 254 g/mol. The zero-order valence-corrected chi connectivity index (χ0v) is 8.71. The van der Waals surface area contributed by atoms with Crippen LogP contribution in [0, 0.1) is 11.3 Å². The molecule has 0 aliphatic rings. The van der Waals surface area contributed by atoms with Crippen LogP contribution in [0.3, 0.4) is 0 Å². The molecule has 0 saturated heterocycles. The van der Waals surface area contributed by atoms with Crippen molar-refractivity contribution >= 4 is 21.9 Å². The lowest BCUT2D eigenvalue weighted by molar-refractivity contribution is 0.0694. The molecule has 1 aromatic rings. The molecule has 0 unspecified atom stereocenters. The Kier molecular flexibility index (Phi) is 3.23. The number of rotatable bonds is 2. The molecule has 5 heteroatoms. The van der Waals surface area contributed by atoms with Crippen LogP contribution >= 0.6 is 15.9 Å². The number of benzene rings is 1. The van der Waals surface area contributed by atoms with Gasteiger partial charge in [0.2, 0.25) is 0 Å². The van der Waals surface area contributed by atoms with E-state index >= 15 is 0 Å². The highest BCUT2D eigenvalue weighted by Crippen LogP contribution is 2.24. The van der Waals surface area contributed by atoms with E-state index in [0.717, 1.165) is 0 Å². The summed E-state index contributed by atoms with van der Waals surface area (Å²) in [4.78, 5) is 10.9. The van der Waals surface area contributed by atoms with Gasteiger partial charge >= 0.3 is 5.97 Å². The summed E-state index contributed by atoms with van der Waals surface area (Å²) >= 11 is 3.07. The number of carboxylic acids is 1. The predicted octanol–water partition coefficient (Wildman–Crippen LogP) is 1.48. The first-order valence-electron chi connectivity index (χ1n) is 3.76. The van der Waals surface area contributed by atoms with E-state index in [1.807, 2.05) is 6.07 Å². The van der Waals surface area contributed by atoms with Gasteiger partial charge in [-0.3, -0.25) is 0 Å². The van der Waals surface area contributed by atoms with Crippen LogP contribution in [0.25, 0.3) is 0 Å². The number of aromatic carboxylic acids is 1. The smallest absolute Gasteiger partial charge is 0.337 e. The third-order valence-corrected chi connectivity index (χ3v) is 2.61. The van der Waals surface area contributed by atoms with Crippen molar-refractivity contribution in [1.82, 2.24) is 0 Å². The number of nitrogens with two attached hydrogens (primary N) is 1. The highest BCUT2D eigenvalue weighted by atomic mass is 79.9. The Hall–Kier alpha value is -1.38. The van der Waals surface area contributed by atoms with Crippen molar-refractivity contribution < 1.29 is 9.90 Å². The minimum absolute atomic E-state index is 0.0616. The fourth-order valence-corrected chi connectivity index (χ4v) is 1.75. The lowest BCUT2D eigenvalue weighted by Crippen LogP contribution is -2.08. The highest BCUT2D eigenvalue weighted by molar-refractivity contribution is 9.10. The van der Waals surface area contributed by atoms with E-state index < -0.39 is 5.97 Å². The van der Waals surface area contributed by atoms with Crippen LogP contribution in [-0.4, -0.2) is 11.1 Å². The van der Waals surface area contributed by atoms with Crippen LogP contribution in [0.1, 0.15) is 21.5 Å². The van der Waals surface area contributed by atoms with Crippen molar-refractivity contribution in [2.75, 3.05) is 0 Å². The third-order valence-electron chi connectivity index (χ3n) is 1.78. The molecule has 1 aromatic carbocycles. The second kappa shape index (κ2) is 4.22. The molecule has 0 fully saturated rings. The number of carboxylic acid groups (broad SMARTS) is 1. The molecule has 3 N–H and O–H groups in total. The van der Waals surface area contributed by atoms with Gasteiger partial charge in [-0.2, -0.15) is 5.26 Å². The number of halogens is 1. The summed E-state index contributed by atoms with van der Waals surface area (Å²) in [6, 6.07) is 4.98. The summed E-state index contributed by atoms with van der Waals surface area (Å²) < 4.78 is 0.287. The third kappa shape index (κ3) is 1.76. The van der Waals surface area contributed by atoms with E-state index in [0.29, 0.717) is 11.1 Å².